The summed E-state index contributed by atoms with van der Waals surface area (Å²) < 4.78 is 5.16. The Balaban J connectivity index is 2.74. The zero-order valence-electron chi connectivity index (χ0n) is 8.96. The fraction of sp³-hybridized carbons (Fsp3) is 0.0909. The molecular formula is C11H6ClN3O3. The Hall–Kier alpha value is -2.39. The molecule has 2 aromatic rings. The number of ether oxygens (including phenoxy) is 1. The molecule has 1 aromatic carbocycles. The van der Waals surface area contributed by atoms with E-state index in [1.807, 2.05) is 0 Å². The van der Waals surface area contributed by atoms with E-state index in [-0.39, 0.29) is 28.6 Å². The third kappa shape index (κ3) is 2.04. The van der Waals surface area contributed by atoms with Crippen LogP contribution < -0.4 is 4.74 Å². The molecule has 0 aliphatic carbocycles. The first-order chi connectivity index (χ1) is 8.65. The van der Waals surface area contributed by atoms with Gasteiger partial charge in [-0.2, -0.15) is 5.26 Å². The van der Waals surface area contributed by atoms with Crippen molar-refractivity contribution in [2.45, 2.75) is 0 Å². The van der Waals surface area contributed by atoms with E-state index in [1.54, 1.807) is 18.2 Å². The molecule has 0 spiro atoms. The minimum Gasteiger partial charge on any atom is -0.475 e. The van der Waals surface area contributed by atoms with E-state index < -0.39 is 4.92 Å². The lowest BCUT2D eigenvalue weighted by atomic mass is 10.1. The first-order valence-electron chi connectivity index (χ1n) is 4.86. The molecule has 0 N–H and O–H groups in total. The van der Waals surface area contributed by atoms with Crippen molar-refractivity contribution >= 4 is 28.2 Å². The maximum absolute atomic E-state index is 10.9. The predicted molar refractivity (Wildman–Crippen MR) is 64.5 cm³/mol. The van der Waals surface area contributed by atoms with E-state index in [9.17, 15) is 10.1 Å². The number of non-ortho nitro benzene ring substituents is 1. The highest BCUT2D eigenvalue weighted by atomic mass is 35.5. The number of aromatic nitrogens is 1. The van der Waals surface area contributed by atoms with E-state index in [0.717, 1.165) is 0 Å². The first kappa shape index (κ1) is 12.1. The van der Waals surface area contributed by atoms with Gasteiger partial charge < -0.3 is 4.74 Å². The number of benzene rings is 1. The minimum atomic E-state index is -0.538. The van der Waals surface area contributed by atoms with Gasteiger partial charge in [0, 0.05) is 12.3 Å². The van der Waals surface area contributed by atoms with Crippen LogP contribution in [0.5, 0.6) is 5.75 Å². The number of rotatable bonds is 3. The number of nitro benzene ring substituents is 1. The molecule has 0 aliphatic rings. The number of fused-ring (bicyclic) bond motifs is 1. The van der Waals surface area contributed by atoms with E-state index >= 15 is 0 Å². The summed E-state index contributed by atoms with van der Waals surface area (Å²) in [5.74, 6) is 0.180. The molecule has 0 unspecified atom stereocenters. The Labute approximate surface area is 107 Å². The largest absolute Gasteiger partial charge is 0.475 e. The quantitative estimate of drug-likeness (QED) is 0.627. The van der Waals surface area contributed by atoms with Gasteiger partial charge in [-0.25, -0.2) is 0 Å². The highest BCUT2D eigenvalue weighted by Gasteiger charge is 2.19. The van der Waals surface area contributed by atoms with Crippen LogP contribution in [0.2, 0.25) is 5.02 Å². The number of nitriles is 1. The molecule has 0 bridgehead atoms. The van der Waals surface area contributed by atoms with Crippen molar-refractivity contribution in [1.82, 2.24) is 4.98 Å². The summed E-state index contributed by atoms with van der Waals surface area (Å²) in [5.41, 5.74) is 0.124. The zero-order valence-corrected chi connectivity index (χ0v) is 9.72. The van der Waals surface area contributed by atoms with E-state index in [4.69, 9.17) is 21.6 Å². The lowest BCUT2D eigenvalue weighted by Crippen LogP contribution is -1.98. The number of hydrogen-bond donors (Lipinski definition) is 0. The Morgan fingerprint density at radius 1 is 1.61 bits per heavy atom. The van der Waals surface area contributed by atoms with Gasteiger partial charge in [0.2, 0.25) is 0 Å². The summed E-state index contributed by atoms with van der Waals surface area (Å²) in [6, 6.07) is 6.13. The van der Waals surface area contributed by atoms with Crippen LogP contribution in [-0.2, 0) is 0 Å². The third-order valence-corrected chi connectivity index (χ3v) is 2.54. The van der Waals surface area contributed by atoms with Crippen molar-refractivity contribution in [3.63, 3.8) is 0 Å². The third-order valence-electron chi connectivity index (χ3n) is 2.26. The van der Waals surface area contributed by atoms with Gasteiger partial charge in [0.1, 0.15) is 11.6 Å². The van der Waals surface area contributed by atoms with Crippen LogP contribution in [0.4, 0.5) is 5.69 Å². The average Bonchev–Trinajstić information content (AvgIpc) is 2.36. The van der Waals surface area contributed by atoms with Crippen LogP contribution >= 0.6 is 11.6 Å². The molecule has 0 atom stereocenters. The van der Waals surface area contributed by atoms with Crippen LogP contribution in [0.3, 0.4) is 0 Å². The van der Waals surface area contributed by atoms with Crippen LogP contribution in [-0.4, -0.2) is 16.5 Å². The number of halogens is 1. The summed E-state index contributed by atoms with van der Waals surface area (Å²) in [6.45, 7) is -0.205. The van der Waals surface area contributed by atoms with Crippen molar-refractivity contribution in [2.24, 2.45) is 0 Å². The van der Waals surface area contributed by atoms with Crippen molar-refractivity contribution in [1.29, 1.82) is 5.26 Å². The molecule has 7 heteroatoms. The molecule has 6 nitrogen and oxygen atoms in total. The highest BCUT2D eigenvalue weighted by molar-refractivity contribution is 6.33. The highest BCUT2D eigenvalue weighted by Crippen LogP contribution is 2.37. The van der Waals surface area contributed by atoms with Gasteiger partial charge in [-0.15, -0.1) is 0 Å². The van der Waals surface area contributed by atoms with Crippen molar-refractivity contribution in [3.8, 4) is 11.8 Å². The summed E-state index contributed by atoms with van der Waals surface area (Å²) in [5, 5.41) is 19.8. The van der Waals surface area contributed by atoms with Gasteiger partial charge >= 0.3 is 0 Å². The standard InChI is InChI=1S/C11H6ClN3O3/c12-8-6-9(15(16)17)7-2-1-4-14-10(7)11(8)18-5-3-13/h1-2,4,6H,5H2. The van der Waals surface area contributed by atoms with Crippen molar-refractivity contribution < 1.29 is 9.66 Å². The van der Waals surface area contributed by atoms with Crippen molar-refractivity contribution in [2.75, 3.05) is 6.61 Å². The first-order valence-corrected chi connectivity index (χ1v) is 5.24. The van der Waals surface area contributed by atoms with Gasteiger partial charge in [-0.3, -0.25) is 15.1 Å². The Morgan fingerprint density at radius 2 is 2.39 bits per heavy atom. The summed E-state index contributed by atoms with van der Waals surface area (Å²) in [4.78, 5) is 14.4. The zero-order chi connectivity index (χ0) is 13.1. The van der Waals surface area contributed by atoms with Gasteiger partial charge in [0.15, 0.2) is 12.4 Å². The topological polar surface area (TPSA) is 89.0 Å². The number of nitrogens with zero attached hydrogens (tertiary/aromatic N) is 3. The van der Waals surface area contributed by atoms with Crippen LogP contribution in [0.1, 0.15) is 0 Å². The normalized spacial score (nSPS) is 10.0. The van der Waals surface area contributed by atoms with Crippen LogP contribution in [0.15, 0.2) is 24.4 Å². The second-order valence-corrected chi connectivity index (χ2v) is 3.72. The lowest BCUT2D eigenvalue weighted by molar-refractivity contribution is -0.383. The fourth-order valence-corrected chi connectivity index (χ4v) is 1.81. The Bertz CT molecular complexity index is 666. The molecule has 0 radical (unpaired) electrons. The number of hydrogen-bond acceptors (Lipinski definition) is 5. The van der Waals surface area contributed by atoms with E-state index in [0.29, 0.717) is 5.39 Å². The molecule has 0 saturated carbocycles. The second kappa shape index (κ2) is 4.85. The second-order valence-electron chi connectivity index (χ2n) is 3.31. The van der Waals surface area contributed by atoms with Gasteiger partial charge in [-0.1, -0.05) is 11.6 Å². The molecule has 90 valence electrons. The molecule has 1 aromatic heterocycles. The molecule has 0 amide bonds. The molecule has 0 saturated heterocycles. The Morgan fingerprint density at radius 3 is 3.06 bits per heavy atom. The minimum absolute atomic E-state index is 0.0585. The molecule has 0 aliphatic heterocycles. The smallest absolute Gasteiger partial charge is 0.280 e. The predicted octanol–water partition coefficient (Wildman–Crippen LogP) is 2.70. The summed E-state index contributed by atoms with van der Waals surface area (Å²) in [7, 11) is 0. The van der Waals surface area contributed by atoms with E-state index in [2.05, 4.69) is 4.98 Å². The molecule has 0 fully saturated rings. The van der Waals surface area contributed by atoms with Gasteiger partial charge in [-0.05, 0) is 12.1 Å². The number of pyridine rings is 1. The molecule has 2 rings (SSSR count). The Kier molecular flexibility index (Phi) is 3.26. The van der Waals surface area contributed by atoms with E-state index in [1.165, 1.54) is 12.3 Å². The van der Waals surface area contributed by atoms with Crippen molar-refractivity contribution in [3.05, 3.63) is 39.5 Å². The maximum Gasteiger partial charge on any atom is 0.280 e. The molecular weight excluding hydrogens is 258 g/mol. The average molecular weight is 264 g/mol. The monoisotopic (exact) mass is 263 g/mol. The molecule has 1 heterocycles. The van der Waals surface area contributed by atoms with Crippen LogP contribution in [0.25, 0.3) is 10.9 Å². The van der Waals surface area contributed by atoms with Gasteiger partial charge in [0.05, 0.1) is 15.3 Å². The fourth-order valence-electron chi connectivity index (χ4n) is 1.56. The SMILES string of the molecule is N#CCOc1c(Cl)cc([N+](=O)[O-])c2cccnc12. The van der Waals surface area contributed by atoms with Crippen LogP contribution in [0, 0.1) is 21.4 Å². The van der Waals surface area contributed by atoms with Gasteiger partial charge in [0.25, 0.3) is 5.69 Å². The number of nitro groups is 1. The summed E-state index contributed by atoms with van der Waals surface area (Å²) >= 11 is 5.91. The maximum atomic E-state index is 10.9. The summed E-state index contributed by atoms with van der Waals surface area (Å²) in [6.07, 6.45) is 1.47. The lowest BCUT2D eigenvalue weighted by Gasteiger charge is -2.08. The molecule has 18 heavy (non-hydrogen) atoms.